The number of sulfonamides is 1. The smallest absolute Gasteiger partial charge is 0.246 e. The van der Waals surface area contributed by atoms with Gasteiger partial charge in [-0.2, -0.15) is 4.31 Å². The first-order chi connectivity index (χ1) is 17.3. The molecule has 0 spiro atoms. The van der Waals surface area contributed by atoms with Crippen molar-refractivity contribution in [1.82, 2.24) is 4.31 Å². The molecule has 0 radical (unpaired) electrons. The molecular formula is C26H26Cl2N2O5S. The minimum absolute atomic E-state index is 0.0291. The van der Waals surface area contributed by atoms with E-state index < -0.39 is 10.0 Å². The van der Waals surface area contributed by atoms with Gasteiger partial charge in [0.15, 0.2) is 5.75 Å². The number of amides is 1. The Labute approximate surface area is 221 Å². The van der Waals surface area contributed by atoms with Crippen molar-refractivity contribution in [3.05, 3.63) is 76.8 Å². The van der Waals surface area contributed by atoms with E-state index in [0.717, 1.165) is 0 Å². The van der Waals surface area contributed by atoms with Crippen molar-refractivity contribution in [2.24, 2.45) is 5.92 Å². The van der Waals surface area contributed by atoms with Gasteiger partial charge in [0.25, 0.3) is 0 Å². The number of nitrogens with one attached hydrogen (secondary N) is 1. The van der Waals surface area contributed by atoms with Gasteiger partial charge < -0.3 is 14.8 Å². The number of anilines is 1. The van der Waals surface area contributed by atoms with Crippen LogP contribution in [0.15, 0.2) is 71.6 Å². The maximum absolute atomic E-state index is 13.3. The Hall–Kier alpha value is -2.78. The van der Waals surface area contributed by atoms with Gasteiger partial charge in [0.1, 0.15) is 16.4 Å². The van der Waals surface area contributed by atoms with E-state index in [-0.39, 0.29) is 35.6 Å². The average molecular weight is 549 g/mol. The van der Waals surface area contributed by atoms with E-state index in [2.05, 4.69) is 5.32 Å². The van der Waals surface area contributed by atoms with Crippen molar-refractivity contribution in [3.63, 3.8) is 0 Å². The zero-order valence-corrected chi connectivity index (χ0v) is 21.9. The number of carbonyl (C=O) groups excluding carboxylic acids is 1. The molecule has 1 aliphatic heterocycles. The van der Waals surface area contributed by atoms with Gasteiger partial charge in [-0.05, 0) is 68.3 Å². The molecule has 7 nitrogen and oxygen atoms in total. The number of piperidine rings is 1. The molecule has 36 heavy (non-hydrogen) atoms. The minimum atomic E-state index is -3.84. The van der Waals surface area contributed by atoms with Crippen LogP contribution >= 0.6 is 23.2 Å². The third kappa shape index (κ3) is 6.13. The first-order valence-electron chi connectivity index (χ1n) is 11.5. The lowest BCUT2D eigenvalue weighted by Crippen LogP contribution is -2.41. The van der Waals surface area contributed by atoms with Crippen LogP contribution in [0.25, 0.3) is 0 Å². The summed E-state index contributed by atoms with van der Waals surface area (Å²) in [5.41, 5.74) is 0.451. The van der Waals surface area contributed by atoms with Gasteiger partial charge in [0, 0.05) is 29.1 Å². The van der Waals surface area contributed by atoms with Gasteiger partial charge in [-0.25, -0.2) is 8.42 Å². The number of nitrogens with zero attached hydrogens (tertiary/aromatic N) is 1. The number of hydrogen-bond donors (Lipinski definition) is 1. The molecule has 1 N–H and O–H groups in total. The summed E-state index contributed by atoms with van der Waals surface area (Å²) in [6, 6.07) is 18.8. The van der Waals surface area contributed by atoms with E-state index in [1.807, 2.05) is 30.3 Å². The quantitative estimate of drug-likeness (QED) is 0.361. The zero-order valence-electron chi connectivity index (χ0n) is 19.6. The van der Waals surface area contributed by atoms with Crippen LogP contribution in [0.3, 0.4) is 0 Å². The van der Waals surface area contributed by atoms with Gasteiger partial charge in [0.2, 0.25) is 15.9 Å². The lowest BCUT2D eigenvalue weighted by atomic mass is 9.97. The molecule has 3 aromatic rings. The second kappa shape index (κ2) is 11.5. The number of halogens is 2. The Bertz CT molecular complexity index is 1330. The largest absolute Gasteiger partial charge is 0.492 e. The van der Waals surface area contributed by atoms with Crippen molar-refractivity contribution >= 4 is 44.8 Å². The maximum atomic E-state index is 13.3. The molecule has 190 valence electrons. The van der Waals surface area contributed by atoms with Gasteiger partial charge in [0.05, 0.1) is 12.3 Å². The highest BCUT2D eigenvalue weighted by molar-refractivity contribution is 7.89. The Kier molecular flexibility index (Phi) is 8.41. The molecule has 4 rings (SSSR count). The lowest BCUT2D eigenvalue weighted by Gasteiger charge is -2.31. The van der Waals surface area contributed by atoms with Crippen molar-refractivity contribution in [3.8, 4) is 17.2 Å². The molecule has 0 bridgehead atoms. The topological polar surface area (TPSA) is 84.9 Å². The van der Waals surface area contributed by atoms with Crippen LogP contribution < -0.4 is 14.8 Å². The molecular weight excluding hydrogens is 523 g/mol. The standard InChI is InChI=1S/C26H26Cl2N2O5S/c1-2-34-24-11-9-20(28)17-25(24)36(32,33)30-14-12-18(13-15-30)26(31)29-22-16-19(27)8-10-23(22)35-21-6-4-3-5-7-21/h3-11,16-18H,2,12-15H2,1H3,(H,29,31). The molecule has 1 fully saturated rings. The molecule has 1 amide bonds. The fourth-order valence-electron chi connectivity index (χ4n) is 3.99. The van der Waals surface area contributed by atoms with E-state index in [4.69, 9.17) is 32.7 Å². The molecule has 1 heterocycles. The molecule has 10 heteroatoms. The Morgan fingerprint density at radius 3 is 2.28 bits per heavy atom. The van der Waals surface area contributed by atoms with Crippen LogP contribution in [0, 0.1) is 5.92 Å². The average Bonchev–Trinajstić information content (AvgIpc) is 2.87. The molecule has 0 saturated carbocycles. The van der Waals surface area contributed by atoms with Crippen LogP contribution in [-0.2, 0) is 14.8 Å². The normalized spacial score (nSPS) is 14.9. The zero-order chi connectivity index (χ0) is 25.7. The number of para-hydroxylation sites is 1. The number of hydrogen-bond acceptors (Lipinski definition) is 5. The summed E-state index contributed by atoms with van der Waals surface area (Å²) >= 11 is 12.2. The summed E-state index contributed by atoms with van der Waals surface area (Å²) in [5, 5.41) is 3.67. The van der Waals surface area contributed by atoms with Gasteiger partial charge in [-0.1, -0.05) is 41.4 Å². The minimum Gasteiger partial charge on any atom is -0.492 e. The number of benzene rings is 3. The highest BCUT2D eigenvalue weighted by Gasteiger charge is 2.34. The summed E-state index contributed by atoms with van der Waals surface area (Å²) in [6.07, 6.45) is 0.732. The van der Waals surface area contributed by atoms with Crippen molar-refractivity contribution in [2.75, 3.05) is 25.0 Å². The van der Waals surface area contributed by atoms with Crippen LogP contribution in [0.1, 0.15) is 19.8 Å². The number of rotatable bonds is 8. The SMILES string of the molecule is CCOc1ccc(Cl)cc1S(=O)(=O)N1CCC(C(=O)Nc2cc(Cl)ccc2Oc2ccccc2)CC1. The predicted octanol–water partition coefficient (Wildman–Crippen LogP) is 6.22. The van der Waals surface area contributed by atoms with Crippen LogP contribution in [-0.4, -0.2) is 38.3 Å². The first-order valence-corrected chi connectivity index (χ1v) is 13.7. The molecule has 1 aliphatic rings. The fourth-order valence-corrected chi connectivity index (χ4v) is 6.03. The summed E-state index contributed by atoms with van der Waals surface area (Å²) in [5.74, 6) is 0.758. The highest BCUT2D eigenvalue weighted by atomic mass is 35.5. The fraction of sp³-hybridized carbons (Fsp3) is 0.269. The van der Waals surface area contributed by atoms with Crippen LogP contribution in [0.4, 0.5) is 5.69 Å². The molecule has 1 saturated heterocycles. The van der Waals surface area contributed by atoms with Crippen LogP contribution in [0.5, 0.6) is 17.2 Å². The lowest BCUT2D eigenvalue weighted by molar-refractivity contribution is -0.120. The predicted molar refractivity (Wildman–Crippen MR) is 141 cm³/mol. The Balaban J connectivity index is 1.44. The Morgan fingerprint density at radius 1 is 0.972 bits per heavy atom. The number of ether oxygens (including phenoxy) is 2. The van der Waals surface area contributed by atoms with Gasteiger partial charge in [-0.3, -0.25) is 4.79 Å². The number of carbonyl (C=O) groups is 1. The summed E-state index contributed by atoms with van der Waals surface area (Å²) in [4.78, 5) is 13.1. The van der Waals surface area contributed by atoms with E-state index in [1.165, 1.54) is 10.4 Å². The second-order valence-electron chi connectivity index (χ2n) is 8.25. The Morgan fingerprint density at radius 2 is 1.61 bits per heavy atom. The second-order valence-corrected chi connectivity index (χ2v) is 11.0. The molecule has 3 aromatic carbocycles. The molecule has 0 aliphatic carbocycles. The van der Waals surface area contributed by atoms with E-state index in [1.54, 1.807) is 37.3 Å². The molecule has 0 aromatic heterocycles. The van der Waals surface area contributed by atoms with Crippen molar-refractivity contribution < 1.29 is 22.7 Å². The third-order valence-electron chi connectivity index (χ3n) is 5.82. The summed E-state index contributed by atoms with van der Waals surface area (Å²) < 4.78 is 39.4. The van der Waals surface area contributed by atoms with Crippen molar-refractivity contribution in [1.29, 1.82) is 0 Å². The van der Waals surface area contributed by atoms with E-state index >= 15 is 0 Å². The van der Waals surface area contributed by atoms with E-state index in [0.29, 0.717) is 46.7 Å². The summed E-state index contributed by atoms with van der Waals surface area (Å²) in [6.45, 7) is 2.50. The molecule has 0 unspecified atom stereocenters. The van der Waals surface area contributed by atoms with Crippen molar-refractivity contribution in [2.45, 2.75) is 24.7 Å². The first kappa shape index (κ1) is 26.3. The van der Waals surface area contributed by atoms with E-state index in [9.17, 15) is 13.2 Å². The van der Waals surface area contributed by atoms with Gasteiger partial charge >= 0.3 is 0 Å². The van der Waals surface area contributed by atoms with Gasteiger partial charge in [-0.15, -0.1) is 0 Å². The summed E-state index contributed by atoms with van der Waals surface area (Å²) in [7, 11) is -3.84. The maximum Gasteiger partial charge on any atom is 0.246 e. The van der Waals surface area contributed by atoms with Crippen LogP contribution in [0.2, 0.25) is 10.0 Å². The highest BCUT2D eigenvalue weighted by Crippen LogP contribution is 2.35. The molecule has 0 atom stereocenters. The monoisotopic (exact) mass is 548 g/mol. The third-order valence-corrected chi connectivity index (χ3v) is 8.21.